The van der Waals surface area contributed by atoms with E-state index in [1.165, 1.54) is 0 Å². The molecule has 0 aromatic heterocycles. The van der Waals surface area contributed by atoms with Gasteiger partial charge in [-0.15, -0.1) is 0 Å². The summed E-state index contributed by atoms with van der Waals surface area (Å²) in [7, 11) is 0. The second-order valence-corrected chi connectivity index (χ2v) is 5.73. The molecule has 0 radical (unpaired) electrons. The number of aryl methyl sites for hydroxylation is 1. The minimum atomic E-state index is -0.0582. The molecule has 0 aliphatic carbocycles. The summed E-state index contributed by atoms with van der Waals surface area (Å²) in [5.74, 6) is -0.0582. The molecule has 1 rings (SSSR count). The van der Waals surface area contributed by atoms with Gasteiger partial charge in [0.2, 0.25) is 5.91 Å². The van der Waals surface area contributed by atoms with Gasteiger partial charge in [-0.1, -0.05) is 43.6 Å². The van der Waals surface area contributed by atoms with E-state index in [-0.39, 0.29) is 5.91 Å². The van der Waals surface area contributed by atoms with E-state index in [1.807, 2.05) is 29.2 Å². The quantitative estimate of drug-likeness (QED) is 0.774. The lowest BCUT2D eigenvalue weighted by Crippen LogP contribution is -2.43. The van der Waals surface area contributed by atoms with E-state index in [4.69, 9.17) is 23.8 Å². The zero-order chi connectivity index (χ0) is 15.7. The van der Waals surface area contributed by atoms with E-state index in [2.05, 4.69) is 19.2 Å². The molecule has 0 fully saturated rings. The van der Waals surface area contributed by atoms with Crippen molar-refractivity contribution in [1.29, 1.82) is 0 Å². The van der Waals surface area contributed by atoms with Crippen molar-refractivity contribution in [2.24, 2.45) is 0 Å². The number of rotatable bonds is 7. The number of amides is 1. The standard InChI is InChI=1S/C16H23ClN2OS/c1-3-11-19(12-4-2)16(21)18-15(20)10-9-13-7-5-6-8-14(13)17/h5-8H,3-4,9-12H2,1-2H3,(H,18,20,21). The van der Waals surface area contributed by atoms with Gasteiger partial charge in [0.15, 0.2) is 5.11 Å². The molecule has 0 aliphatic heterocycles. The maximum atomic E-state index is 12.0. The van der Waals surface area contributed by atoms with Crippen LogP contribution < -0.4 is 5.32 Å². The molecule has 0 saturated carbocycles. The molecular weight excluding hydrogens is 304 g/mol. The van der Waals surface area contributed by atoms with Gasteiger partial charge < -0.3 is 10.2 Å². The number of benzene rings is 1. The monoisotopic (exact) mass is 326 g/mol. The Morgan fingerprint density at radius 3 is 2.43 bits per heavy atom. The summed E-state index contributed by atoms with van der Waals surface area (Å²) in [6.07, 6.45) is 3.02. The fraction of sp³-hybridized carbons (Fsp3) is 0.500. The van der Waals surface area contributed by atoms with Crippen LogP contribution in [0.4, 0.5) is 0 Å². The molecule has 21 heavy (non-hydrogen) atoms. The van der Waals surface area contributed by atoms with E-state index in [1.54, 1.807) is 0 Å². The zero-order valence-corrected chi connectivity index (χ0v) is 14.3. The molecule has 116 valence electrons. The van der Waals surface area contributed by atoms with Crippen molar-refractivity contribution in [2.75, 3.05) is 13.1 Å². The summed E-state index contributed by atoms with van der Waals surface area (Å²) in [5, 5.41) is 4.05. The molecule has 0 aliphatic rings. The van der Waals surface area contributed by atoms with Gasteiger partial charge in [0.1, 0.15) is 0 Å². The number of thiocarbonyl (C=S) groups is 1. The van der Waals surface area contributed by atoms with E-state index in [0.29, 0.717) is 23.0 Å². The van der Waals surface area contributed by atoms with Gasteiger partial charge in [-0.3, -0.25) is 4.79 Å². The van der Waals surface area contributed by atoms with E-state index < -0.39 is 0 Å². The smallest absolute Gasteiger partial charge is 0.226 e. The molecule has 0 atom stereocenters. The Bertz CT molecular complexity index is 473. The molecule has 1 aromatic rings. The lowest BCUT2D eigenvalue weighted by atomic mass is 10.1. The lowest BCUT2D eigenvalue weighted by Gasteiger charge is -2.24. The maximum absolute atomic E-state index is 12.0. The number of hydrogen-bond acceptors (Lipinski definition) is 2. The Morgan fingerprint density at radius 2 is 1.86 bits per heavy atom. The third-order valence-electron chi connectivity index (χ3n) is 3.10. The van der Waals surface area contributed by atoms with E-state index in [9.17, 15) is 4.79 Å². The molecule has 1 N–H and O–H groups in total. The van der Waals surface area contributed by atoms with Crippen molar-refractivity contribution in [1.82, 2.24) is 10.2 Å². The summed E-state index contributed by atoms with van der Waals surface area (Å²) in [5.41, 5.74) is 0.985. The van der Waals surface area contributed by atoms with Gasteiger partial charge in [0.25, 0.3) is 0 Å². The van der Waals surface area contributed by atoms with Crippen LogP contribution in [0.15, 0.2) is 24.3 Å². The molecule has 0 spiro atoms. The number of nitrogens with one attached hydrogen (secondary N) is 1. The minimum Gasteiger partial charge on any atom is -0.349 e. The molecule has 0 heterocycles. The van der Waals surface area contributed by atoms with E-state index >= 15 is 0 Å². The van der Waals surface area contributed by atoms with Crippen molar-refractivity contribution in [2.45, 2.75) is 39.5 Å². The SMILES string of the molecule is CCCN(CCC)C(=S)NC(=O)CCc1ccccc1Cl. The van der Waals surface area contributed by atoms with Crippen LogP contribution in [0.25, 0.3) is 0 Å². The highest BCUT2D eigenvalue weighted by Gasteiger charge is 2.11. The number of nitrogens with zero attached hydrogens (tertiary/aromatic N) is 1. The Hall–Kier alpha value is -1.13. The normalized spacial score (nSPS) is 10.2. The number of halogens is 1. The van der Waals surface area contributed by atoms with Crippen LogP contribution in [0.2, 0.25) is 5.02 Å². The van der Waals surface area contributed by atoms with Crippen molar-refractivity contribution >= 4 is 34.8 Å². The summed E-state index contributed by atoms with van der Waals surface area (Å²) < 4.78 is 0. The van der Waals surface area contributed by atoms with Crippen LogP contribution in [-0.4, -0.2) is 29.0 Å². The van der Waals surface area contributed by atoms with Crippen LogP contribution in [0.1, 0.15) is 38.7 Å². The summed E-state index contributed by atoms with van der Waals surface area (Å²) in [4.78, 5) is 14.0. The molecular formula is C16H23ClN2OS. The summed E-state index contributed by atoms with van der Waals surface area (Å²) in [6.45, 7) is 5.95. The average Bonchev–Trinajstić information content (AvgIpc) is 2.46. The Balaban J connectivity index is 2.45. The molecule has 1 amide bonds. The van der Waals surface area contributed by atoms with Gasteiger partial charge in [0, 0.05) is 24.5 Å². The van der Waals surface area contributed by atoms with Crippen LogP contribution in [0.5, 0.6) is 0 Å². The van der Waals surface area contributed by atoms with E-state index in [0.717, 1.165) is 31.5 Å². The molecule has 0 bridgehead atoms. The van der Waals surface area contributed by atoms with Crippen molar-refractivity contribution in [3.05, 3.63) is 34.9 Å². The van der Waals surface area contributed by atoms with Gasteiger partial charge >= 0.3 is 0 Å². The number of carbonyl (C=O) groups excluding carboxylic acids is 1. The fourth-order valence-corrected chi connectivity index (χ4v) is 2.59. The molecule has 0 unspecified atom stereocenters. The largest absolute Gasteiger partial charge is 0.349 e. The van der Waals surface area contributed by atoms with Crippen LogP contribution in [0.3, 0.4) is 0 Å². The van der Waals surface area contributed by atoms with Crippen LogP contribution >= 0.6 is 23.8 Å². The predicted octanol–water partition coefficient (Wildman–Crippen LogP) is 3.80. The number of carbonyl (C=O) groups is 1. The van der Waals surface area contributed by atoms with Crippen LogP contribution in [-0.2, 0) is 11.2 Å². The molecule has 1 aromatic carbocycles. The first-order valence-corrected chi connectivity index (χ1v) is 8.19. The van der Waals surface area contributed by atoms with Gasteiger partial charge in [-0.05, 0) is 43.1 Å². The zero-order valence-electron chi connectivity index (χ0n) is 12.7. The predicted molar refractivity (Wildman–Crippen MR) is 92.7 cm³/mol. The number of hydrogen-bond donors (Lipinski definition) is 1. The topological polar surface area (TPSA) is 32.3 Å². The van der Waals surface area contributed by atoms with Gasteiger partial charge in [0.05, 0.1) is 0 Å². The summed E-state index contributed by atoms with van der Waals surface area (Å²) in [6, 6.07) is 7.58. The second-order valence-electron chi connectivity index (χ2n) is 4.93. The Morgan fingerprint density at radius 1 is 1.24 bits per heavy atom. The third kappa shape index (κ3) is 6.44. The molecule has 3 nitrogen and oxygen atoms in total. The first kappa shape index (κ1) is 17.9. The highest BCUT2D eigenvalue weighted by molar-refractivity contribution is 7.80. The van der Waals surface area contributed by atoms with Crippen molar-refractivity contribution < 1.29 is 4.79 Å². The Labute approximate surface area is 137 Å². The van der Waals surface area contributed by atoms with Crippen molar-refractivity contribution in [3.8, 4) is 0 Å². The first-order chi connectivity index (χ1) is 10.1. The summed E-state index contributed by atoms with van der Waals surface area (Å²) >= 11 is 11.4. The van der Waals surface area contributed by atoms with Gasteiger partial charge in [-0.25, -0.2) is 0 Å². The third-order valence-corrected chi connectivity index (χ3v) is 3.83. The first-order valence-electron chi connectivity index (χ1n) is 7.40. The lowest BCUT2D eigenvalue weighted by molar-refractivity contribution is -0.119. The highest BCUT2D eigenvalue weighted by Crippen LogP contribution is 2.16. The average molecular weight is 327 g/mol. The second kappa shape index (κ2) is 9.74. The molecule has 5 heteroatoms. The van der Waals surface area contributed by atoms with Crippen LogP contribution in [0, 0.1) is 0 Å². The highest BCUT2D eigenvalue weighted by atomic mass is 35.5. The van der Waals surface area contributed by atoms with Crippen molar-refractivity contribution in [3.63, 3.8) is 0 Å². The fourth-order valence-electron chi connectivity index (χ4n) is 2.06. The Kier molecular flexibility index (Phi) is 8.31. The molecule has 0 saturated heterocycles. The van der Waals surface area contributed by atoms with Gasteiger partial charge in [-0.2, -0.15) is 0 Å². The minimum absolute atomic E-state index is 0.0582. The maximum Gasteiger partial charge on any atom is 0.226 e.